The normalized spacial score (nSPS) is 10.5. The van der Waals surface area contributed by atoms with Crippen LogP contribution in [0.4, 0.5) is 5.82 Å². The zero-order valence-corrected chi connectivity index (χ0v) is 7.16. The molecule has 1 aromatic heterocycles. The summed E-state index contributed by atoms with van der Waals surface area (Å²) in [5.74, 6) is 0.629. The Kier molecular flexibility index (Phi) is 2.55. The average molecular weight is 248 g/mol. The van der Waals surface area contributed by atoms with Crippen molar-refractivity contribution in [3.63, 3.8) is 0 Å². The Hall–Kier alpha value is -0.720. The second-order valence-electron chi connectivity index (χ2n) is 1.54. The highest BCUT2D eigenvalue weighted by molar-refractivity contribution is 14.1. The molecule has 5 heteroatoms. The monoisotopic (exact) mass is 248 g/mol. The van der Waals surface area contributed by atoms with E-state index in [4.69, 9.17) is 5.41 Å². The molecule has 0 unspecified atom stereocenters. The van der Waals surface area contributed by atoms with E-state index < -0.39 is 0 Å². The molecule has 0 spiro atoms. The molecule has 0 saturated heterocycles. The highest BCUT2D eigenvalue weighted by atomic mass is 127. The van der Waals surface area contributed by atoms with Gasteiger partial charge in [-0.3, -0.25) is 5.10 Å². The van der Waals surface area contributed by atoms with E-state index in [-0.39, 0.29) is 0 Å². The number of hydrogen-bond acceptors (Lipinski definition) is 3. The molecule has 4 nitrogen and oxygen atoms in total. The van der Waals surface area contributed by atoms with Gasteiger partial charge in [0, 0.05) is 6.21 Å². The minimum absolute atomic E-state index is 0.629. The Labute approximate surface area is 71.4 Å². The second kappa shape index (κ2) is 3.45. The summed E-state index contributed by atoms with van der Waals surface area (Å²) in [4.78, 5) is 3.93. The van der Waals surface area contributed by atoms with E-state index in [1.807, 2.05) is 22.6 Å². The van der Waals surface area contributed by atoms with Crippen molar-refractivity contribution in [3.8, 4) is 0 Å². The van der Waals surface area contributed by atoms with E-state index in [1.165, 1.54) is 6.21 Å². The van der Waals surface area contributed by atoms with Crippen LogP contribution in [0, 0.1) is 5.41 Å². The molecule has 2 N–H and O–H groups in total. The molecule has 52 valence electrons. The van der Waals surface area contributed by atoms with Crippen LogP contribution < -0.4 is 0 Å². The Balaban J connectivity index is 3.00. The van der Waals surface area contributed by atoms with Gasteiger partial charge in [-0.1, -0.05) is 0 Å². The third kappa shape index (κ3) is 1.41. The number of nitrogens with one attached hydrogen (secondary N) is 2. The second-order valence-corrected chi connectivity index (χ2v) is 2.10. The van der Waals surface area contributed by atoms with Crippen molar-refractivity contribution in [2.45, 2.75) is 0 Å². The molecule has 0 aliphatic rings. The van der Waals surface area contributed by atoms with Gasteiger partial charge in [0.1, 0.15) is 0 Å². The number of hydrogen-bond donors (Lipinski definition) is 2. The standard InChI is InChI=1S/C5H5IN4/c6-3-8-5-4(1-7)2-9-10-5/h1-3,7H,(H,9,10). The fourth-order valence-corrected chi connectivity index (χ4v) is 0.825. The third-order valence-corrected chi connectivity index (χ3v) is 1.26. The minimum Gasteiger partial charge on any atom is -0.308 e. The first kappa shape index (κ1) is 7.39. The van der Waals surface area contributed by atoms with Crippen molar-refractivity contribution in [2.24, 2.45) is 4.99 Å². The summed E-state index contributed by atoms with van der Waals surface area (Å²) in [7, 11) is 0. The average Bonchev–Trinajstić information content (AvgIpc) is 2.36. The maximum absolute atomic E-state index is 6.92. The third-order valence-electron chi connectivity index (χ3n) is 0.981. The van der Waals surface area contributed by atoms with Crippen LogP contribution >= 0.6 is 22.6 Å². The molecule has 0 amide bonds. The lowest BCUT2D eigenvalue weighted by Gasteiger charge is -1.84. The van der Waals surface area contributed by atoms with E-state index in [1.54, 1.807) is 10.4 Å². The van der Waals surface area contributed by atoms with Crippen LogP contribution in [0.15, 0.2) is 11.2 Å². The summed E-state index contributed by atoms with van der Waals surface area (Å²) in [6.07, 6.45) is 2.77. The van der Waals surface area contributed by atoms with Gasteiger partial charge in [-0.15, -0.1) is 0 Å². The molecule has 0 aromatic carbocycles. The van der Waals surface area contributed by atoms with E-state index >= 15 is 0 Å². The van der Waals surface area contributed by atoms with Gasteiger partial charge in [0.05, 0.1) is 16.0 Å². The highest BCUT2D eigenvalue weighted by Gasteiger charge is 1.96. The lowest BCUT2D eigenvalue weighted by Crippen LogP contribution is -1.73. The van der Waals surface area contributed by atoms with Crippen LogP contribution in [0.25, 0.3) is 0 Å². The van der Waals surface area contributed by atoms with Gasteiger partial charge in [-0.25, -0.2) is 4.99 Å². The van der Waals surface area contributed by atoms with E-state index in [9.17, 15) is 0 Å². The number of aromatic nitrogens is 2. The molecule has 0 aliphatic heterocycles. The summed E-state index contributed by atoms with van der Waals surface area (Å²) in [6, 6.07) is 0. The number of aromatic amines is 1. The smallest absolute Gasteiger partial charge is 0.157 e. The van der Waals surface area contributed by atoms with Crippen molar-refractivity contribution in [1.82, 2.24) is 10.2 Å². The summed E-state index contributed by atoms with van der Waals surface area (Å²) < 4.78 is 1.62. The van der Waals surface area contributed by atoms with Gasteiger partial charge in [0.25, 0.3) is 0 Å². The van der Waals surface area contributed by atoms with Crippen LogP contribution in [0.5, 0.6) is 0 Å². The van der Waals surface area contributed by atoms with E-state index in [0.717, 1.165) is 0 Å². The van der Waals surface area contributed by atoms with Crippen LogP contribution in [0.3, 0.4) is 0 Å². The fourth-order valence-electron chi connectivity index (χ4n) is 0.546. The largest absolute Gasteiger partial charge is 0.308 e. The number of rotatable bonds is 2. The Morgan fingerprint density at radius 2 is 2.60 bits per heavy atom. The first-order chi connectivity index (χ1) is 4.88. The molecule has 10 heavy (non-hydrogen) atoms. The molecule has 0 saturated carbocycles. The van der Waals surface area contributed by atoms with E-state index in [2.05, 4.69) is 15.2 Å². The molecular formula is C5H5IN4. The molecule has 0 atom stereocenters. The van der Waals surface area contributed by atoms with Gasteiger partial charge in [0.15, 0.2) is 5.82 Å². The number of H-pyrrole nitrogens is 1. The summed E-state index contributed by atoms with van der Waals surface area (Å²) in [6.45, 7) is 0. The topological polar surface area (TPSA) is 64.9 Å². The van der Waals surface area contributed by atoms with Crippen molar-refractivity contribution in [1.29, 1.82) is 5.41 Å². The molecule has 0 bridgehead atoms. The summed E-state index contributed by atoms with van der Waals surface area (Å²) in [5.41, 5.74) is 0.702. The zero-order valence-electron chi connectivity index (χ0n) is 5.00. The highest BCUT2D eigenvalue weighted by Crippen LogP contribution is 2.10. The predicted molar refractivity (Wildman–Crippen MR) is 48.6 cm³/mol. The maximum Gasteiger partial charge on any atom is 0.157 e. The van der Waals surface area contributed by atoms with Gasteiger partial charge in [-0.05, 0) is 22.6 Å². The quantitative estimate of drug-likeness (QED) is 0.604. The van der Waals surface area contributed by atoms with Crippen molar-refractivity contribution in [2.75, 3.05) is 0 Å². The fraction of sp³-hybridized carbons (Fsp3) is 0. The van der Waals surface area contributed by atoms with Gasteiger partial charge >= 0.3 is 0 Å². The lowest BCUT2D eigenvalue weighted by atomic mass is 10.4. The van der Waals surface area contributed by atoms with Crippen LogP contribution in [0.2, 0.25) is 0 Å². The summed E-state index contributed by atoms with van der Waals surface area (Å²) >= 11 is 2.01. The van der Waals surface area contributed by atoms with Gasteiger partial charge < -0.3 is 5.41 Å². The maximum atomic E-state index is 6.92. The molecule has 1 heterocycles. The molecule has 0 radical (unpaired) electrons. The van der Waals surface area contributed by atoms with E-state index in [0.29, 0.717) is 11.4 Å². The molecule has 1 aromatic rings. The van der Waals surface area contributed by atoms with Gasteiger partial charge in [0.2, 0.25) is 0 Å². The molecule has 0 aliphatic carbocycles. The Bertz CT molecular complexity index is 252. The van der Waals surface area contributed by atoms with Crippen molar-refractivity contribution in [3.05, 3.63) is 11.8 Å². The number of halogens is 1. The first-order valence-electron chi connectivity index (χ1n) is 2.55. The van der Waals surface area contributed by atoms with Crippen LogP contribution in [-0.2, 0) is 0 Å². The Morgan fingerprint density at radius 3 is 3.20 bits per heavy atom. The van der Waals surface area contributed by atoms with Crippen molar-refractivity contribution < 1.29 is 0 Å². The lowest BCUT2D eigenvalue weighted by molar-refractivity contribution is 1.08. The number of aliphatic imine (C=N–C) groups is 1. The van der Waals surface area contributed by atoms with Crippen LogP contribution in [-0.4, -0.2) is 20.6 Å². The molecule has 1 rings (SSSR count). The SMILES string of the molecule is N=Cc1cn[nH]c1N=CI. The van der Waals surface area contributed by atoms with Gasteiger partial charge in [-0.2, -0.15) is 5.10 Å². The minimum atomic E-state index is 0.629. The molecular weight excluding hydrogens is 243 g/mol. The molecule has 0 fully saturated rings. The Morgan fingerprint density at radius 1 is 1.80 bits per heavy atom. The van der Waals surface area contributed by atoms with Crippen LogP contribution in [0.1, 0.15) is 5.56 Å². The van der Waals surface area contributed by atoms with Crippen molar-refractivity contribution >= 4 is 38.8 Å². The first-order valence-corrected chi connectivity index (χ1v) is 3.79. The summed E-state index contributed by atoms with van der Waals surface area (Å²) in [5, 5.41) is 13.3. The zero-order chi connectivity index (χ0) is 7.40. The number of nitrogens with zero attached hydrogens (tertiary/aromatic N) is 2. The predicted octanol–water partition coefficient (Wildman–Crippen LogP) is 1.50.